The maximum absolute atomic E-state index is 13.6. The standard InChI is InChI=1S/C14H17Cl2F2NO/c1-2-3-9(4-5-15)8-19-14(20)10-6-13(18)11(16)7-12(10)17/h6-7,9H,2-5,8H2,1H3,(H,19,20). The molecule has 0 aliphatic heterocycles. The van der Waals surface area contributed by atoms with Crippen molar-refractivity contribution in [3.05, 3.63) is 34.4 Å². The monoisotopic (exact) mass is 323 g/mol. The predicted molar refractivity (Wildman–Crippen MR) is 77.4 cm³/mol. The number of rotatable bonds is 7. The average Bonchev–Trinajstić information content (AvgIpc) is 2.40. The second-order valence-electron chi connectivity index (χ2n) is 4.59. The zero-order chi connectivity index (χ0) is 15.1. The smallest absolute Gasteiger partial charge is 0.254 e. The normalized spacial score (nSPS) is 12.2. The largest absolute Gasteiger partial charge is 0.352 e. The van der Waals surface area contributed by atoms with Crippen LogP contribution in [0.1, 0.15) is 36.5 Å². The van der Waals surface area contributed by atoms with Gasteiger partial charge in [0, 0.05) is 12.4 Å². The lowest BCUT2D eigenvalue weighted by Gasteiger charge is -2.15. The molecule has 0 heterocycles. The van der Waals surface area contributed by atoms with E-state index >= 15 is 0 Å². The Morgan fingerprint density at radius 2 is 2.00 bits per heavy atom. The van der Waals surface area contributed by atoms with E-state index in [9.17, 15) is 13.6 Å². The molecular formula is C14H17Cl2F2NO. The molecule has 0 saturated heterocycles. The molecule has 0 radical (unpaired) electrons. The minimum atomic E-state index is -0.835. The number of hydrogen-bond donors (Lipinski definition) is 1. The van der Waals surface area contributed by atoms with E-state index in [0.717, 1.165) is 31.4 Å². The summed E-state index contributed by atoms with van der Waals surface area (Å²) in [6, 6.07) is 1.61. The van der Waals surface area contributed by atoms with Crippen LogP contribution in [0.3, 0.4) is 0 Å². The molecule has 1 aromatic carbocycles. The number of hydrogen-bond acceptors (Lipinski definition) is 1. The number of carbonyl (C=O) groups excluding carboxylic acids is 1. The molecule has 2 nitrogen and oxygen atoms in total. The number of carbonyl (C=O) groups is 1. The fraction of sp³-hybridized carbons (Fsp3) is 0.500. The van der Waals surface area contributed by atoms with Crippen LogP contribution in [0, 0.1) is 17.6 Å². The van der Waals surface area contributed by atoms with Crippen molar-refractivity contribution in [1.82, 2.24) is 5.32 Å². The molecular weight excluding hydrogens is 307 g/mol. The Balaban J connectivity index is 2.69. The van der Waals surface area contributed by atoms with Gasteiger partial charge in [-0.05, 0) is 30.9 Å². The van der Waals surface area contributed by atoms with Crippen LogP contribution < -0.4 is 5.32 Å². The predicted octanol–water partition coefficient (Wildman–Crippen LogP) is 4.39. The SMILES string of the molecule is CCCC(CCCl)CNC(=O)c1cc(F)c(Cl)cc1F. The highest BCUT2D eigenvalue weighted by Crippen LogP contribution is 2.19. The van der Waals surface area contributed by atoms with Crippen molar-refractivity contribution in [2.75, 3.05) is 12.4 Å². The van der Waals surface area contributed by atoms with Crippen LogP contribution in [0.25, 0.3) is 0 Å². The first-order valence-electron chi connectivity index (χ1n) is 6.48. The number of alkyl halides is 1. The molecule has 1 unspecified atom stereocenters. The van der Waals surface area contributed by atoms with Crippen LogP contribution in [-0.4, -0.2) is 18.3 Å². The van der Waals surface area contributed by atoms with Gasteiger partial charge in [-0.3, -0.25) is 4.79 Å². The van der Waals surface area contributed by atoms with Crippen LogP contribution in [0.15, 0.2) is 12.1 Å². The molecule has 1 rings (SSSR count). The highest BCUT2D eigenvalue weighted by Gasteiger charge is 2.16. The first-order chi connectivity index (χ1) is 9.49. The molecule has 1 aromatic rings. The van der Waals surface area contributed by atoms with E-state index in [4.69, 9.17) is 23.2 Å². The van der Waals surface area contributed by atoms with Gasteiger partial charge in [-0.2, -0.15) is 0 Å². The lowest BCUT2D eigenvalue weighted by atomic mass is 10.0. The Bertz CT molecular complexity index is 463. The molecule has 0 aliphatic rings. The Hall–Kier alpha value is -0.870. The minimum absolute atomic E-state index is 0.238. The quantitative estimate of drug-likeness (QED) is 0.585. The molecule has 1 atom stereocenters. The van der Waals surface area contributed by atoms with E-state index in [0.29, 0.717) is 12.4 Å². The van der Waals surface area contributed by atoms with Crippen molar-refractivity contribution in [3.8, 4) is 0 Å². The summed E-state index contributed by atoms with van der Waals surface area (Å²) in [5, 5.41) is 2.27. The fourth-order valence-electron chi connectivity index (χ4n) is 1.94. The summed E-state index contributed by atoms with van der Waals surface area (Å²) in [6.45, 7) is 2.43. The minimum Gasteiger partial charge on any atom is -0.352 e. The van der Waals surface area contributed by atoms with Crippen molar-refractivity contribution in [1.29, 1.82) is 0 Å². The van der Waals surface area contributed by atoms with E-state index in [-0.39, 0.29) is 16.5 Å². The molecule has 1 amide bonds. The third-order valence-corrected chi connectivity index (χ3v) is 3.53. The number of benzene rings is 1. The summed E-state index contributed by atoms with van der Waals surface area (Å²) >= 11 is 11.1. The summed E-state index contributed by atoms with van der Waals surface area (Å²) in [7, 11) is 0. The maximum atomic E-state index is 13.6. The van der Waals surface area contributed by atoms with Crippen molar-refractivity contribution >= 4 is 29.1 Å². The lowest BCUT2D eigenvalue weighted by Crippen LogP contribution is -2.30. The Labute approximate surface area is 127 Å². The fourth-order valence-corrected chi connectivity index (χ4v) is 2.40. The third-order valence-electron chi connectivity index (χ3n) is 3.02. The average molecular weight is 324 g/mol. The Kier molecular flexibility index (Phi) is 7.24. The second kappa shape index (κ2) is 8.42. The van der Waals surface area contributed by atoms with Gasteiger partial charge < -0.3 is 5.32 Å². The number of halogens is 4. The van der Waals surface area contributed by atoms with E-state index in [1.165, 1.54) is 0 Å². The first kappa shape index (κ1) is 17.2. The van der Waals surface area contributed by atoms with Crippen LogP contribution in [-0.2, 0) is 0 Å². The summed E-state index contributed by atoms with van der Waals surface area (Å²) in [5.41, 5.74) is -0.340. The third kappa shape index (κ3) is 4.91. The maximum Gasteiger partial charge on any atom is 0.254 e. The molecule has 0 saturated carbocycles. The van der Waals surface area contributed by atoms with Crippen LogP contribution in [0.5, 0.6) is 0 Å². The zero-order valence-electron chi connectivity index (χ0n) is 11.2. The van der Waals surface area contributed by atoms with Crippen molar-refractivity contribution in [2.24, 2.45) is 5.92 Å². The molecule has 0 aromatic heterocycles. The van der Waals surface area contributed by atoms with Crippen molar-refractivity contribution in [2.45, 2.75) is 26.2 Å². The van der Waals surface area contributed by atoms with Crippen molar-refractivity contribution < 1.29 is 13.6 Å². The molecule has 0 aliphatic carbocycles. The summed E-state index contributed by atoms with van der Waals surface area (Å²) < 4.78 is 26.8. The van der Waals surface area contributed by atoms with E-state index in [1.807, 2.05) is 6.92 Å². The van der Waals surface area contributed by atoms with Crippen LogP contribution in [0.4, 0.5) is 8.78 Å². The van der Waals surface area contributed by atoms with Gasteiger partial charge in [0.2, 0.25) is 0 Å². The van der Waals surface area contributed by atoms with Crippen molar-refractivity contribution in [3.63, 3.8) is 0 Å². The van der Waals surface area contributed by atoms with E-state index < -0.39 is 17.5 Å². The molecule has 0 bridgehead atoms. The first-order valence-corrected chi connectivity index (χ1v) is 7.39. The van der Waals surface area contributed by atoms with Gasteiger partial charge in [0.25, 0.3) is 5.91 Å². The van der Waals surface area contributed by atoms with Gasteiger partial charge in [0.1, 0.15) is 11.6 Å². The Morgan fingerprint density at radius 1 is 1.30 bits per heavy atom. The van der Waals surface area contributed by atoms with Crippen LogP contribution in [0.2, 0.25) is 5.02 Å². The van der Waals surface area contributed by atoms with Gasteiger partial charge in [0.15, 0.2) is 0 Å². The van der Waals surface area contributed by atoms with Gasteiger partial charge in [-0.25, -0.2) is 8.78 Å². The number of amides is 1. The molecule has 0 spiro atoms. The van der Waals surface area contributed by atoms with E-state index in [2.05, 4.69) is 5.32 Å². The topological polar surface area (TPSA) is 29.1 Å². The molecule has 6 heteroatoms. The highest BCUT2D eigenvalue weighted by molar-refractivity contribution is 6.30. The van der Waals surface area contributed by atoms with Gasteiger partial charge in [-0.15, -0.1) is 11.6 Å². The zero-order valence-corrected chi connectivity index (χ0v) is 12.7. The summed E-state index contributed by atoms with van der Waals surface area (Å²) in [6.07, 6.45) is 2.67. The number of nitrogens with one attached hydrogen (secondary N) is 1. The second-order valence-corrected chi connectivity index (χ2v) is 5.37. The lowest BCUT2D eigenvalue weighted by molar-refractivity contribution is 0.0941. The molecule has 20 heavy (non-hydrogen) atoms. The summed E-state index contributed by atoms with van der Waals surface area (Å²) in [4.78, 5) is 11.8. The summed E-state index contributed by atoms with van der Waals surface area (Å²) in [5.74, 6) is -1.55. The molecule has 0 fully saturated rings. The van der Waals surface area contributed by atoms with Gasteiger partial charge in [0.05, 0.1) is 10.6 Å². The highest BCUT2D eigenvalue weighted by atomic mass is 35.5. The Morgan fingerprint density at radius 3 is 2.60 bits per heavy atom. The van der Waals surface area contributed by atoms with Crippen LogP contribution >= 0.6 is 23.2 Å². The van der Waals surface area contributed by atoms with Gasteiger partial charge >= 0.3 is 0 Å². The molecule has 1 N–H and O–H groups in total. The molecule has 112 valence electrons. The van der Waals surface area contributed by atoms with Gasteiger partial charge in [-0.1, -0.05) is 24.9 Å². The van der Waals surface area contributed by atoms with E-state index in [1.54, 1.807) is 0 Å².